The zero-order valence-electron chi connectivity index (χ0n) is 2.02. The van der Waals surface area contributed by atoms with Crippen LogP contribution in [0.3, 0.4) is 0 Å². The van der Waals surface area contributed by atoms with Gasteiger partial charge in [0.25, 0.3) is 10.3 Å². The fourth-order valence-electron chi connectivity index (χ4n) is 0. The molecule has 0 aliphatic carbocycles. The van der Waals surface area contributed by atoms with Crippen molar-refractivity contribution in [3.8, 4) is 0 Å². The Kier molecular flexibility index (Phi) is 9.53. The van der Waals surface area contributed by atoms with Crippen molar-refractivity contribution in [3.05, 3.63) is 0 Å². The Hall–Kier alpha value is 1.06. The summed E-state index contributed by atoms with van der Waals surface area (Å²) in [6.45, 7) is 0. The molecule has 2 nitrogen and oxygen atoms in total. The molecule has 0 spiro atoms. The maximum absolute atomic E-state index is 8.88. The fourth-order valence-corrected chi connectivity index (χ4v) is 0. The van der Waals surface area contributed by atoms with Gasteiger partial charge >= 0.3 is 0 Å². The van der Waals surface area contributed by atoms with E-state index in [1.165, 1.54) is 0 Å². The molecular formula is HClO2ReS. The van der Waals surface area contributed by atoms with Gasteiger partial charge in [-0.15, -0.1) is 0 Å². The maximum atomic E-state index is 8.88. The van der Waals surface area contributed by atoms with E-state index in [0.717, 1.165) is 0 Å². The minimum atomic E-state index is -2.14. The molecule has 1 N–H and O–H groups in total. The third-order valence-corrected chi connectivity index (χ3v) is 0. The molecule has 0 fully saturated rings. The topological polar surface area (TPSA) is 37.3 Å². The van der Waals surface area contributed by atoms with Crippen LogP contribution in [0, 0.1) is 0 Å². The Balaban J connectivity index is 0. The third kappa shape index (κ3) is 42.1. The van der Waals surface area contributed by atoms with Crippen molar-refractivity contribution in [1.82, 2.24) is 0 Å². The van der Waals surface area contributed by atoms with Crippen molar-refractivity contribution >= 4 is 21.0 Å². The molecule has 0 rings (SSSR count). The van der Waals surface area contributed by atoms with Crippen LogP contribution < -0.4 is 0 Å². The van der Waals surface area contributed by atoms with E-state index in [0.29, 0.717) is 0 Å². The molecule has 0 amide bonds. The average molecular weight is 287 g/mol. The van der Waals surface area contributed by atoms with Crippen LogP contribution in [0.25, 0.3) is 0 Å². The molecule has 5 heteroatoms. The van der Waals surface area contributed by atoms with Gasteiger partial charge in [0.15, 0.2) is 0 Å². The van der Waals surface area contributed by atoms with Gasteiger partial charge in [0, 0.05) is 31.1 Å². The van der Waals surface area contributed by atoms with Crippen LogP contribution in [0.5, 0.6) is 0 Å². The number of hydrogen-bond acceptors (Lipinski definition) is 1. The molecule has 0 aromatic carbocycles. The van der Waals surface area contributed by atoms with Gasteiger partial charge in [-0.2, -0.15) is 0 Å². The van der Waals surface area contributed by atoms with Crippen LogP contribution >= 0.6 is 10.7 Å². The van der Waals surface area contributed by atoms with Gasteiger partial charge in [-0.3, -0.25) is 4.55 Å². The van der Waals surface area contributed by atoms with Gasteiger partial charge in [-0.1, -0.05) is 0 Å². The smallest absolute Gasteiger partial charge is 0.253 e. The molecule has 1 unspecified atom stereocenters. The first-order valence-electron chi connectivity index (χ1n) is 0.504. The van der Waals surface area contributed by atoms with Gasteiger partial charge in [-0.05, 0) is 0 Å². The van der Waals surface area contributed by atoms with E-state index in [1.807, 2.05) is 0 Å². The molecule has 1 atom stereocenters. The maximum Gasteiger partial charge on any atom is 0.253 e. The molecule has 0 aliphatic rings. The predicted molar refractivity (Wildman–Crippen MR) is 16.6 cm³/mol. The number of hydrogen-bond donors (Lipinski definition) is 1. The summed E-state index contributed by atoms with van der Waals surface area (Å²) in [5, 5.41) is 0. The van der Waals surface area contributed by atoms with Gasteiger partial charge in [0.05, 0.1) is 0 Å². The van der Waals surface area contributed by atoms with Crippen LogP contribution in [-0.2, 0) is 30.7 Å². The Bertz CT molecular complexity index is 32.6. The molecule has 1 radical (unpaired) electrons. The summed E-state index contributed by atoms with van der Waals surface area (Å²) in [6, 6.07) is 0. The SMILES string of the molecule is O=S(O)Cl.[Re]. The number of halogens is 1. The molecule has 0 aliphatic heterocycles. The molecule has 0 saturated carbocycles. The number of rotatable bonds is 0. The molecule has 0 bridgehead atoms. The Morgan fingerprint density at radius 1 is 1.80 bits per heavy atom. The summed E-state index contributed by atoms with van der Waals surface area (Å²) in [7, 11) is 2.16. The van der Waals surface area contributed by atoms with Crippen molar-refractivity contribution < 1.29 is 29.2 Å². The van der Waals surface area contributed by atoms with E-state index in [4.69, 9.17) is 8.76 Å². The summed E-state index contributed by atoms with van der Waals surface area (Å²) in [6.07, 6.45) is 0. The first-order chi connectivity index (χ1) is 1.73. The van der Waals surface area contributed by atoms with Crippen LogP contribution in [0.4, 0.5) is 0 Å². The minimum Gasteiger partial charge on any atom is -0.294 e. The van der Waals surface area contributed by atoms with Crippen LogP contribution in [0.2, 0.25) is 0 Å². The molecule has 33 valence electrons. The molecule has 0 aromatic rings. The van der Waals surface area contributed by atoms with Crippen molar-refractivity contribution in [2.24, 2.45) is 0 Å². The second-order valence-corrected chi connectivity index (χ2v) is 1.41. The Morgan fingerprint density at radius 3 is 1.80 bits per heavy atom. The van der Waals surface area contributed by atoms with Crippen molar-refractivity contribution in [2.45, 2.75) is 0 Å². The van der Waals surface area contributed by atoms with Crippen LogP contribution in [-0.4, -0.2) is 8.76 Å². The summed E-state index contributed by atoms with van der Waals surface area (Å²) in [4.78, 5) is 0. The van der Waals surface area contributed by atoms with E-state index >= 15 is 0 Å². The minimum absolute atomic E-state index is 0. The monoisotopic (exact) mass is 287 g/mol. The Morgan fingerprint density at radius 2 is 1.80 bits per heavy atom. The van der Waals surface area contributed by atoms with E-state index < -0.39 is 10.3 Å². The second kappa shape index (κ2) is 5.06. The predicted octanol–water partition coefficient (Wildman–Crippen LogP) is 0.359. The standard InChI is InChI=1S/ClHO2S.Re/c1-4(2)3;/h(H,2,3);. The molecule has 0 aromatic heterocycles. The van der Waals surface area contributed by atoms with Gasteiger partial charge < -0.3 is 0 Å². The normalized spacial score (nSPS) is 12.4. The quantitative estimate of drug-likeness (QED) is 0.516. The largest absolute Gasteiger partial charge is 0.294 e. The summed E-state index contributed by atoms with van der Waals surface area (Å²) >= 11 is 0. The first kappa shape index (κ1) is 9.41. The fraction of sp³-hybridized carbons (Fsp3) is 0. The third-order valence-electron chi connectivity index (χ3n) is 0. The summed E-state index contributed by atoms with van der Waals surface area (Å²) in [5.74, 6) is 0. The van der Waals surface area contributed by atoms with Crippen LogP contribution in [0.1, 0.15) is 0 Å². The molecule has 5 heavy (non-hydrogen) atoms. The molecule has 0 heterocycles. The van der Waals surface area contributed by atoms with Gasteiger partial charge in [0.1, 0.15) is 0 Å². The van der Waals surface area contributed by atoms with Crippen molar-refractivity contribution in [3.63, 3.8) is 0 Å². The summed E-state index contributed by atoms with van der Waals surface area (Å²) in [5.41, 5.74) is 0. The second-order valence-electron chi connectivity index (χ2n) is 0.207. The Labute approximate surface area is 50.3 Å². The van der Waals surface area contributed by atoms with Gasteiger partial charge in [-0.25, -0.2) is 4.21 Å². The zero-order valence-corrected chi connectivity index (χ0v) is 6.31. The van der Waals surface area contributed by atoms with Crippen molar-refractivity contribution in [1.29, 1.82) is 0 Å². The van der Waals surface area contributed by atoms with E-state index in [-0.39, 0.29) is 20.4 Å². The van der Waals surface area contributed by atoms with Crippen molar-refractivity contribution in [2.75, 3.05) is 0 Å². The van der Waals surface area contributed by atoms with E-state index in [9.17, 15) is 0 Å². The molecule has 0 saturated heterocycles. The summed E-state index contributed by atoms with van der Waals surface area (Å²) < 4.78 is 16.2. The van der Waals surface area contributed by atoms with Gasteiger partial charge in [0.2, 0.25) is 0 Å². The molecular weight excluding hydrogens is 286 g/mol. The van der Waals surface area contributed by atoms with Crippen LogP contribution in [0.15, 0.2) is 0 Å². The zero-order chi connectivity index (χ0) is 3.58. The van der Waals surface area contributed by atoms with E-state index in [2.05, 4.69) is 10.7 Å². The average Bonchev–Trinajstić information content (AvgIpc) is 0.811. The first-order valence-corrected chi connectivity index (χ1v) is 2.44. The van der Waals surface area contributed by atoms with E-state index in [1.54, 1.807) is 0 Å².